The first-order valence-corrected chi connectivity index (χ1v) is 11.3. The third-order valence-corrected chi connectivity index (χ3v) is 6.47. The molecule has 1 aromatic carbocycles. The summed E-state index contributed by atoms with van der Waals surface area (Å²) in [6.07, 6.45) is 10.2. The number of rotatable bonds is 6. The van der Waals surface area contributed by atoms with E-state index in [4.69, 9.17) is 16.3 Å². The second-order valence-electron chi connectivity index (χ2n) is 7.86. The van der Waals surface area contributed by atoms with Crippen LogP contribution in [0.1, 0.15) is 25.7 Å². The molecule has 1 saturated heterocycles. The largest absolute Gasteiger partial charge is 0.381 e. The Hall–Kier alpha value is -1.63. The molecule has 0 bridgehead atoms. The van der Waals surface area contributed by atoms with E-state index in [2.05, 4.69) is 43.7 Å². The van der Waals surface area contributed by atoms with Gasteiger partial charge in [-0.1, -0.05) is 17.7 Å². The van der Waals surface area contributed by atoms with E-state index in [1.54, 1.807) is 6.21 Å². The molecule has 154 valence electrons. The topological polar surface area (TPSA) is 62.7 Å². The molecule has 0 radical (unpaired) electrons. The van der Waals surface area contributed by atoms with Crippen LogP contribution in [0.15, 0.2) is 51.2 Å². The summed E-state index contributed by atoms with van der Waals surface area (Å²) < 4.78 is 6.26. The van der Waals surface area contributed by atoms with E-state index in [0.29, 0.717) is 29.0 Å². The highest BCUT2D eigenvalue weighted by Crippen LogP contribution is 2.40. The molecule has 2 N–H and O–H groups in total. The highest BCUT2D eigenvalue weighted by Gasteiger charge is 2.30. The lowest BCUT2D eigenvalue weighted by Crippen LogP contribution is -2.33. The number of hydrogen-bond donors (Lipinski definition) is 2. The van der Waals surface area contributed by atoms with Gasteiger partial charge in [-0.05, 0) is 77.7 Å². The van der Waals surface area contributed by atoms with Crippen LogP contribution in [0.4, 0.5) is 5.69 Å². The normalized spacial score (nSPS) is 22.5. The van der Waals surface area contributed by atoms with Crippen molar-refractivity contribution in [3.05, 3.63) is 51.2 Å². The average molecular weight is 479 g/mol. The number of nitrogens with one attached hydrogen (secondary N) is 2. The number of nitrogens with zero attached hydrogens (tertiary/aromatic N) is 1. The summed E-state index contributed by atoms with van der Waals surface area (Å²) >= 11 is 9.57. The maximum Gasteiger partial charge on any atom is 0.252 e. The Kier molecular flexibility index (Phi) is 6.73. The summed E-state index contributed by atoms with van der Waals surface area (Å²) in [5, 5.41) is 7.11. The highest BCUT2D eigenvalue weighted by atomic mass is 79.9. The fourth-order valence-corrected chi connectivity index (χ4v) is 4.42. The van der Waals surface area contributed by atoms with Crippen LogP contribution in [0.2, 0.25) is 5.02 Å². The van der Waals surface area contributed by atoms with Gasteiger partial charge >= 0.3 is 0 Å². The minimum atomic E-state index is -0.0479. The van der Waals surface area contributed by atoms with Gasteiger partial charge in [-0.2, -0.15) is 0 Å². The van der Waals surface area contributed by atoms with Crippen molar-refractivity contribution < 1.29 is 9.53 Å². The average Bonchev–Trinajstić information content (AvgIpc) is 3.56. The molecule has 0 aromatic heterocycles. The number of ether oxygens (including phenoxy) is 1. The Balaban J connectivity index is 1.44. The minimum absolute atomic E-state index is 0.0479. The van der Waals surface area contributed by atoms with Crippen molar-refractivity contribution in [3.8, 4) is 0 Å². The quantitative estimate of drug-likeness (QED) is 0.609. The van der Waals surface area contributed by atoms with Crippen LogP contribution in [0.25, 0.3) is 0 Å². The van der Waals surface area contributed by atoms with E-state index < -0.39 is 0 Å². The summed E-state index contributed by atoms with van der Waals surface area (Å²) in [5.41, 5.74) is 1.52. The van der Waals surface area contributed by atoms with Gasteiger partial charge in [0.15, 0.2) is 0 Å². The lowest BCUT2D eigenvalue weighted by Gasteiger charge is -2.22. The van der Waals surface area contributed by atoms with Crippen LogP contribution in [0.3, 0.4) is 0 Å². The molecule has 1 aromatic rings. The van der Waals surface area contributed by atoms with E-state index in [0.717, 1.165) is 42.0 Å². The zero-order valence-electron chi connectivity index (χ0n) is 16.2. The molecule has 5 nitrogen and oxygen atoms in total. The van der Waals surface area contributed by atoms with Gasteiger partial charge in [0.2, 0.25) is 0 Å². The molecule has 1 aliphatic carbocycles. The molecule has 2 heterocycles. The first-order valence-electron chi connectivity index (χ1n) is 10.1. The number of amides is 1. The maximum absolute atomic E-state index is 12.8. The molecule has 2 aliphatic heterocycles. The maximum atomic E-state index is 12.8. The lowest BCUT2D eigenvalue weighted by molar-refractivity contribution is -0.117. The number of halogens is 2. The third-order valence-electron chi connectivity index (χ3n) is 5.58. The van der Waals surface area contributed by atoms with Gasteiger partial charge in [-0.15, -0.1) is 0 Å². The van der Waals surface area contributed by atoms with Crippen LogP contribution in [-0.4, -0.2) is 31.9 Å². The zero-order chi connectivity index (χ0) is 20.2. The number of hydrogen-bond acceptors (Lipinski definition) is 4. The predicted octanol–water partition coefficient (Wildman–Crippen LogP) is 4.94. The monoisotopic (exact) mass is 477 g/mol. The molecular weight excluding hydrogens is 454 g/mol. The predicted molar refractivity (Wildman–Crippen MR) is 120 cm³/mol. The van der Waals surface area contributed by atoms with Crippen molar-refractivity contribution >= 4 is 45.3 Å². The second-order valence-corrected chi connectivity index (χ2v) is 9.15. The minimum Gasteiger partial charge on any atom is -0.381 e. The van der Waals surface area contributed by atoms with Gasteiger partial charge in [0, 0.05) is 41.4 Å². The molecule has 1 saturated carbocycles. The Morgan fingerprint density at radius 3 is 2.72 bits per heavy atom. The molecule has 2 fully saturated rings. The summed E-state index contributed by atoms with van der Waals surface area (Å²) in [6, 6.07) is 5.59. The van der Waals surface area contributed by atoms with Crippen molar-refractivity contribution in [2.75, 3.05) is 25.1 Å². The molecular formula is C22H25BrClN3O2. The first-order chi connectivity index (χ1) is 14.1. The van der Waals surface area contributed by atoms with Gasteiger partial charge in [0.05, 0.1) is 11.3 Å². The summed E-state index contributed by atoms with van der Waals surface area (Å²) in [4.78, 5) is 17.3. The van der Waals surface area contributed by atoms with E-state index in [1.807, 2.05) is 18.2 Å². The first kappa shape index (κ1) is 20.6. The van der Waals surface area contributed by atoms with Gasteiger partial charge < -0.3 is 15.4 Å². The van der Waals surface area contributed by atoms with Gasteiger partial charge in [0.1, 0.15) is 5.82 Å². The van der Waals surface area contributed by atoms with Crippen LogP contribution in [-0.2, 0) is 9.53 Å². The molecule has 7 heteroatoms. The highest BCUT2D eigenvalue weighted by molar-refractivity contribution is 9.10. The Morgan fingerprint density at radius 1 is 1.21 bits per heavy atom. The van der Waals surface area contributed by atoms with Crippen molar-refractivity contribution in [1.82, 2.24) is 5.32 Å². The molecule has 1 unspecified atom stereocenters. The fraction of sp³-hybridized carbons (Fsp3) is 0.455. The van der Waals surface area contributed by atoms with Gasteiger partial charge in [-0.3, -0.25) is 4.79 Å². The molecule has 4 rings (SSSR count). The van der Waals surface area contributed by atoms with Crippen LogP contribution in [0, 0.1) is 17.8 Å². The number of anilines is 1. The van der Waals surface area contributed by atoms with Crippen molar-refractivity contribution in [3.63, 3.8) is 0 Å². The van der Waals surface area contributed by atoms with Gasteiger partial charge in [0.25, 0.3) is 5.91 Å². The van der Waals surface area contributed by atoms with Crippen molar-refractivity contribution in [2.24, 2.45) is 22.7 Å². The molecule has 1 amide bonds. The third kappa shape index (κ3) is 5.71. The second kappa shape index (κ2) is 9.45. The number of allylic oxidation sites excluding steroid dienone is 2. The van der Waals surface area contributed by atoms with E-state index >= 15 is 0 Å². The zero-order valence-corrected chi connectivity index (χ0v) is 18.5. The van der Waals surface area contributed by atoms with Gasteiger partial charge in [-0.25, -0.2) is 4.99 Å². The number of benzene rings is 1. The lowest BCUT2D eigenvalue weighted by atomic mass is 9.99. The summed E-state index contributed by atoms with van der Waals surface area (Å²) in [5.74, 6) is 1.98. The van der Waals surface area contributed by atoms with E-state index in [1.165, 1.54) is 12.8 Å². The Bertz CT molecular complexity index is 858. The SMILES string of the molecule is O=C(NCC1CCOCC1)C1=CC(C2CC2)C=C(Nc2ccc(Cl)cc2Br)N=C1. The Morgan fingerprint density at radius 2 is 2.00 bits per heavy atom. The Labute approximate surface area is 184 Å². The molecule has 0 spiro atoms. The molecule has 29 heavy (non-hydrogen) atoms. The van der Waals surface area contributed by atoms with Crippen molar-refractivity contribution in [2.45, 2.75) is 25.7 Å². The molecule has 3 aliphatic rings. The molecule has 1 atom stereocenters. The van der Waals surface area contributed by atoms with Crippen LogP contribution < -0.4 is 10.6 Å². The number of aliphatic imine (C=N–C) groups is 1. The summed E-state index contributed by atoms with van der Waals surface area (Å²) in [7, 11) is 0. The number of carbonyl (C=O) groups excluding carboxylic acids is 1. The van der Waals surface area contributed by atoms with Crippen LogP contribution in [0.5, 0.6) is 0 Å². The van der Waals surface area contributed by atoms with Crippen molar-refractivity contribution in [1.29, 1.82) is 0 Å². The van der Waals surface area contributed by atoms with E-state index in [9.17, 15) is 4.79 Å². The van der Waals surface area contributed by atoms with E-state index in [-0.39, 0.29) is 11.8 Å². The van der Waals surface area contributed by atoms with Crippen LogP contribution >= 0.6 is 27.5 Å². The fourth-order valence-electron chi connectivity index (χ4n) is 3.64. The number of carbonyl (C=O) groups is 1. The smallest absolute Gasteiger partial charge is 0.252 e. The standard InChI is InChI=1S/C22H25BrClN3O2/c23-19-11-18(24)3-4-20(19)27-21-10-16(15-1-2-15)9-17(13-25-21)22(28)26-12-14-5-7-29-8-6-14/h3-4,9-11,13-16,27H,1-2,5-8,12H2,(H,26,28). The summed E-state index contributed by atoms with van der Waals surface area (Å²) in [6.45, 7) is 2.26.